The monoisotopic (exact) mass is 443 g/mol. The van der Waals surface area contributed by atoms with Crippen LogP contribution in [-0.2, 0) is 10.0 Å². The van der Waals surface area contributed by atoms with Crippen molar-refractivity contribution in [1.82, 2.24) is 5.32 Å². The predicted molar refractivity (Wildman–Crippen MR) is 121 cm³/mol. The van der Waals surface area contributed by atoms with E-state index in [9.17, 15) is 13.2 Å². The summed E-state index contributed by atoms with van der Waals surface area (Å²) in [5.74, 6) is -0.219. The number of sulfonamides is 1. The minimum Gasteiger partial charge on any atom is -0.373 e. The number of amides is 1. The highest BCUT2D eigenvalue weighted by molar-refractivity contribution is 7.92. The lowest BCUT2D eigenvalue weighted by molar-refractivity contribution is 0.0954. The molecule has 8 heteroatoms. The molecule has 3 aromatic rings. The Kier molecular flexibility index (Phi) is 6.97. The molecule has 156 valence electrons. The van der Waals surface area contributed by atoms with Gasteiger partial charge in [-0.15, -0.1) is 0 Å². The molecular weight excluding hydrogens is 422 g/mol. The summed E-state index contributed by atoms with van der Waals surface area (Å²) < 4.78 is 27.3. The fourth-order valence-electron chi connectivity index (χ4n) is 2.77. The summed E-state index contributed by atoms with van der Waals surface area (Å²) in [6.07, 6.45) is 0. The average molecular weight is 444 g/mol. The molecule has 0 fully saturated rings. The molecule has 6 nitrogen and oxygen atoms in total. The normalized spacial score (nSPS) is 11.0. The Labute approximate surface area is 181 Å². The maximum absolute atomic E-state index is 12.4. The SMILES string of the molecule is CN(CCNC(=O)c1ccc(NS(=O)(=O)c2ccc(Cl)cc2)cc1)c1ccccc1. The molecule has 0 spiro atoms. The molecule has 0 saturated heterocycles. The number of rotatable bonds is 8. The van der Waals surface area contributed by atoms with Crippen molar-refractivity contribution in [1.29, 1.82) is 0 Å². The molecule has 2 N–H and O–H groups in total. The lowest BCUT2D eigenvalue weighted by Gasteiger charge is -2.19. The zero-order valence-corrected chi connectivity index (χ0v) is 18.0. The van der Waals surface area contributed by atoms with Gasteiger partial charge >= 0.3 is 0 Å². The molecule has 0 saturated carbocycles. The molecule has 0 aliphatic heterocycles. The summed E-state index contributed by atoms with van der Waals surface area (Å²) in [6.45, 7) is 1.14. The summed E-state index contributed by atoms with van der Waals surface area (Å²) in [6, 6.07) is 22.0. The number of hydrogen-bond donors (Lipinski definition) is 2. The Morgan fingerprint density at radius 1 is 0.933 bits per heavy atom. The van der Waals surface area contributed by atoms with Gasteiger partial charge in [0.05, 0.1) is 4.90 Å². The first kappa shape index (κ1) is 21.7. The molecule has 0 radical (unpaired) electrons. The Morgan fingerprint density at radius 3 is 2.20 bits per heavy atom. The first-order valence-electron chi connectivity index (χ1n) is 9.28. The Hall–Kier alpha value is -3.03. The van der Waals surface area contributed by atoms with Gasteiger partial charge in [0.25, 0.3) is 15.9 Å². The molecule has 0 aliphatic carbocycles. The smallest absolute Gasteiger partial charge is 0.261 e. The lowest BCUT2D eigenvalue weighted by atomic mass is 10.2. The highest BCUT2D eigenvalue weighted by Gasteiger charge is 2.14. The molecule has 0 unspecified atom stereocenters. The van der Waals surface area contributed by atoms with E-state index in [0.29, 0.717) is 29.4 Å². The number of nitrogens with one attached hydrogen (secondary N) is 2. The van der Waals surface area contributed by atoms with E-state index in [1.54, 1.807) is 24.3 Å². The van der Waals surface area contributed by atoms with Crippen LogP contribution in [0.2, 0.25) is 5.02 Å². The van der Waals surface area contributed by atoms with Gasteiger partial charge in [0, 0.05) is 42.1 Å². The second-order valence-corrected chi connectivity index (χ2v) is 8.77. The van der Waals surface area contributed by atoms with Crippen LogP contribution in [0.25, 0.3) is 0 Å². The molecule has 0 heterocycles. The van der Waals surface area contributed by atoms with E-state index in [4.69, 9.17) is 11.6 Å². The summed E-state index contributed by atoms with van der Waals surface area (Å²) in [5, 5.41) is 3.32. The van der Waals surface area contributed by atoms with Crippen LogP contribution in [0.5, 0.6) is 0 Å². The summed E-state index contributed by atoms with van der Waals surface area (Å²) in [4.78, 5) is 14.5. The number of anilines is 2. The number of likely N-dealkylation sites (N-methyl/N-ethyl adjacent to an activating group) is 1. The number of carbonyl (C=O) groups is 1. The van der Waals surface area contributed by atoms with Crippen LogP contribution < -0.4 is 14.9 Å². The Morgan fingerprint density at radius 2 is 1.57 bits per heavy atom. The quantitative estimate of drug-likeness (QED) is 0.551. The van der Waals surface area contributed by atoms with Crippen LogP contribution in [0, 0.1) is 0 Å². The van der Waals surface area contributed by atoms with Crippen LogP contribution in [0.1, 0.15) is 10.4 Å². The van der Waals surface area contributed by atoms with E-state index in [-0.39, 0.29) is 10.8 Å². The van der Waals surface area contributed by atoms with Crippen molar-refractivity contribution >= 4 is 38.9 Å². The highest BCUT2D eigenvalue weighted by Crippen LogP contribution is 2.19. The highest BCUT2D eigenvalue weighted by atomic mass is 35.5. The fourth-order valence-corrected chi connectivity index (χ4v) is 3.95. The predicted octanol–water partition coefficient (Wildman–Crippen LogP) is 4.01. The van der Waals surface area contributed by atoms with Gasteiger partial charge < -0.3 is 10.2 Å². The van der Waals surface area contributed by atoms with Crippen molar-refractivity contribution in [3.63, 3.8) is 0 Å². The maximum Gasteiger partial charge on any atom is 0.261 e. The van der Waals surface area contributed by atoms with Crippen molar-refractivity contribution < 1.29 is 13.2 Å². The van der Waals surface area contributed by atoms with Gasteiger partial charge in [-0.2, -0.15) is 0 Å². The zero-order chi connectivity index (χ0) is 21.6. The van der Waals surface area contributed by atoms with Crippen molar-refractivity contribution in [2.24, 2.45) is 0 Å². The van der Waals surface area contributed by atoms with Crippen molar-refractivity contribution in [2.75, 3.05) is 29.8 Å². The standard InChI is InChI=1S/C22H22ClN3O3S/c1-26(20-5-3-2-4-6-20)16-15-24-22(27)17-7-11-19(12-8-17)25-30(28,29)21-13-9-18(23)10-14-21/h2-14,25H,15-16H2,1H3,(H,24,27). The number of hydrogen-bond acceptors (Lipinski definition) is 4. The Balaban J connectivity index is 1.54. The molecule has 1 amide bonds. The molecule has 3 rings (SSSR count). The summed E-state index contributed by atoms with van der Waals surface area (Å²) >= 11 is 5.80. The minimum atomic E-state index is -3.73. The third kappa shape index (κ3) is 5.75. The molecular formula is C22H22ClN3O3S. The van der Waals surface area contributed by atoms with Crippen molar-refractivity contribution in [2.45, 2.75) is 4.90 Å². The fraction of sp³-hybridized carbons (Fsp3) is 0.136. The number of carbonyl (C=O) groups excluding carboxylic acids is 1. The lowest BCUT2D eigenvalue weighted by Crippen LogP contribution is -2.32. The van der Waals surface area contributed by atoms with E-state index in [1.807, 2.05) is 37.4 Å². The number of nitrogens with zero attached hydrogens (tertiary/aromatic N) is 1. The second kappa shape index (κ2) is 9.65. The summed E-state index contributed by atoms with van der Waals surface area (Å²) in [7, 11) is -1.77. The molecule has 0 atom stereocenters. The average Bonchev–Trinajstić information content (AvgIpc) is 2.74. The third-order valence-corrected chi connectivity index (χ3v) is 6.10. The molecule has 0 bridgehead atoms. The van der Waals surface area contributed by atoms with Crippen LogP contribution in [-0.4, -0.2) is 34.5 Å². The van der Waals surface area contributed by atoms with Crippen molar-refractivity contribution in [3.8, 4) is 0 Å². The van der Waals surface area contributed by atoms with Gasteiger partial charge in [0.15, 0.2) is 0 Å². The number of benzene rings is 3. The third-order valence-electron chi connectivity index (χ3n) is 4.45. The number of para-hydroxylation sites is 1. The van der Waals surface area contributed by atoms with Gasteiger partial charge in [-0.05, 0) is 60.7 Å². The van der Waals surface area contributed by atoms with E-state index in [0.717, 1.165) is 5.69 Å². The molecule has 0 aliphatic rings. The molecule has 0 aromatic heterocycles. The summed E-state index contributed by atoms with van der Waals surface area (Å²) in [5.41, 5.74) is 1.89. The van der Waals surface area contributed by atoms with E-state index in [2.05, 4.69) is 14.9 Å². The van der Waals surface area contributed by atoms with Gasteiger partial charge in [-0.25, -0.2) is 8.42 Å². The van der Waals surface area contributed by atoms with Gasteiger partial charge in [0.2, 0.25) is 0 Å². The van der Waals surface area contributed by atoms with E-state index >= 15 is 0 Å². The van der Waals surface area contributed by atoms with Crippen LogP contribution >= 0.6 is 11.6 Å². The first-order chi connectivity index (χ1) is 14.3. The van der Waals surface area contributed by atoms with Crippen LogP contribution in [0.3, 0.4) is 0 Å². The van der Waals surface area contributed by atoms with Gasteiger partial charge in [-0.1, -0.05) is 29.8 Å². The molecule has 30 heavy (non-hydrogen) atoms. The number of halogens is 1. The van der Waals surface area contributed by atoms with E-state index < -0.39 is 10.0 Å². The van der Waals surface area contributed by atoms with Gasteiger partial charge in [-0.3, -0.25) is 9.52 Å². The molecule has 3 aromatic carbocycles. The van der Waals surface area contributed by atoms with Crippen LogP contribution in [0.4, 0.5) is 11.4 Å². The maximum atomic E-state index is 12.4. The zero-order valence-electron chi connectivity index (χ0n) is 16.4. The van der Waals surface area contributed by atoms with Crippen molar-refractivity contribution in [3.05, 3.63) is 89.4 Å². The van der Waals surface area contributed by atoms with Gasteiger partial charge in [0.1, 0.15) is 0 Å². The topological polar surface area (TPSA) is 78.5 Å². The van der Waals surface area contributed by atoms with Crippen LogP contribution in [0.15, 0.2) is 83.8 Å². The Bertz CT molecular complexity index is 1090. The van der Waals surface area contributed by atoms with E-state index in [1.165, 1.54) is 24.3 Å². The largest absolute Gasteiger partial charge is 0.373 e. The first-order valence-corrected chi connectivity index (χ1v) is 11.1. The minimum absolute atomic E-state index is 0.108. The second-order valence-electron chi connectivity index (χ2n) is 6.65.